The second kappa shape index (κ2) is 7.83. The van der Waals surface area contributed by atoms with Crippen LogP contribution in [0.2, 0.25) is 0 Å². The van der Waals surface area contributed by atoms with Gasteiger partial charge >= 0.3 is 0 Å². The van der Waals surface area contributed by atoms with Crippen LogP contribution in [0.4, 0.5) is 16.5 Å². The Hall–Kier alpha value is -2.27. The Kier molecular flexibility index (Phi) is 5.82. The molecule has 0 spiro atoms. The molecule has 0 fully saturated rings. The Balaban J connectivity index is 2.16. The van der Waals surface area contributed by atoms with Gasteiger partial charge in [-0.3, -0.25) is 20.2 Å². The van der Waals surface area contributed by atoms with Crippen LogP contribution in [0.1, 0.15) is 19.8 Å². The highest BCUT2D eigenvalue weighted by Gasteiger charge is 2.21. The first kappa shape index (κ1) is 17.1. The van der Waals surface area contributed by atoms with Gasteiger partial charge in [0.05, 0.1) is 20.8 Å². The number of non-ortho nitro benzene ring substituents is 1. The molecule has 9 nitrogen and oxygen atoms in total. The van der Waals surface area contributed by atoms with E-state index < -0.39 is 9.85 Å². The molecule has 2 aromatic rings. The summed E-state index contributed by atoms with van der Waals surface area (Å²) in [6.07, 6.45) is 2.07. The quantitative estimate of drug-likeness (QED) is 0.431. The molecule has 23 heavy (non-hydrogen) atoms. The van der Waals surface area contributed by atoms with Crippen LogP contribution in [0, 0.1) is 20.2 Å². The van der Waals surface area contributed by atoms with E-state index in [1.54, 1.807) is 0 Å². The number of unbranched alkanes of at least 4 members (excludes halogenated alkanes) is 1. The number of rotatable bonds is 8. The summed E-state index contributed by atoms with van der Waals surface area (Å²) in [5.74, 6) is 0. The molecule has 0 aliphatic heterocycles. The van der Waals surface area contributed by atoms with E-state index in [1.807, 2.05) is 0 Å². The highest BCUT2D eigenvalue weighted by molar-refractivity contribution is 8.01. The number of aromatic nitrogens is 2. The van der Waals surface area contributed by atoms with E-state index in [1.165, 1.54) is 23.5 Å². The maximum absolute atomic E-state index is 11.1. The maximum Gasteiger partial charge on any atom is 0.290 e. The number of nitro benzene ring substituents is 2. The third-order valence-corrected chi connectivity index (χ3v) is 4.76. The van der Waals surface area contributed by atoms with Gasteiger partial charge in [-0.05, 0) is 24.2 Å². The average Bonchev–Trinajstić information content (AvgIpc) is 2.95. The van der Waals surface area contributed by atoms with E-state index in [4.69, 9.17) is 0 Å². The van der Waals surface area contributed by atoms with Crippen molar-refractivity contribution in [1.29, 1.82) is 0 Å². The number of benzene rings is 1. The summed E-state index contributed by atoms with van der Waals surface area (Å²) in [5, 5.41) is 33.5. The lowest BCUT2D eigenvalue weighted by Gasteiger charge is -2.00. The molecule has 2 rings (SSSR count). The number of nitrogens with zero attached hydrogens (tertiary/aromatic N) is 4. The summed E-state index contributed by atoms with van der Waals surface area (Å²) >= 11 is 2.35. The summed E-state index contributed by atoms with van der Waals surface area (Å²) in [4.78, 5) is 20.8. The minimum Gasteiger partial charge on any atom is -0.360 e. The second-order valence-electron chi connectivity index (χ2n) is 4.42. The summed E-state index contributed by atoms with van der Waals surface area (Å²) in [6, 6.07) is 3.53. The van der Waals surface area contributed by atoms with Crippen molar-refractivity contribution in [2.75, 3.05) is 11.9 Å². The number of nitrogens with one attached hydrogen (secondary N) is 1. The minimum absolute atomic E-state index is 0.289. The molecule has 0 atom stereocenters. The molecule has 0 saturated heterocycles. The average molecular weight is 355 g/mol. The third kappa shape index (κ3) is 4.60. The van der Waals surface area contributed by atoms with Crippen LogP contribution < -0.4 is 5.32 Å². The molecule has 0 aliphatic carbocycles. The van der Waals surface area contributed by atoms with Crippen LogP contribution in [0.25, 0.3) is 0 Å². The lowest BCUT2D eigenvalue weighted by molar-refractivity contribution is -0.396. The topological polar surface area (TPSA) is 124 Å². The summed E-state index contributed by atoms with van der Waals surface area (Å²) in [7, 11) is 0. The molecule has 0 radical (unpaired) electrons. The highest BCUT2D eigenvalue weighted by atomic mass is 32.2. The molecule has 1 aromatic carbocycles. The van der Waals surface area contributed by atoms with E-state index in [9.17, 15) is 20.2 Å². The van der Waals surface area contributed by atoms with Crippen LogP contribution in [0.15, 0.2) is 27.4 Å². The van der Waals surface area contributed by atoms with Gasteiger partial charge in [-0.25, -0.2) is 0 Å². The molecule has 122 valence electrons. The van der Waals surface area contributed by atoms with Gasteiger partial charge in [0.2, 0.25) is 5.13 Å². The zero-order valence-electron chi connectivity index (χ0n) is 12.1. The molecule has 0 bridgehead atoms. The Morgan fingerprint density at radius 2 is 2.04 bits per heavy atom. The Labute approximate surface area is 139 Å². The maximum atomic E-state index is 11.1. The van der Waals surface area contributed by atoms with E-state index in [0.717, 1.165) is 37.2 Å². The van der Waals surface area contributed by atoms with Crippen LogP contribution >= 0.6 is 23.1 Å². The van der Waals surface area contributed by atoms with E-state index in [0.29, 0.717) is 9.47 Å². The summed E-state index contributed by atoms with van der Waals surface area (Å²) in [6.45, 7) is 2.87. The smallest absolute Gasteiger partial charge is 0.290 e. The highest BCUT2D eigenvalue weighted by Crippen LogP contribution is 2.38. The predicted molar refractivity (Wildman–Crippen MR) is 87.2 cm³/mol. The van der Waals surface area contributed by atoms with Gasteiger partial charge in [-0.2, -0.15) is 0 Å². The number of hydrogen-bond acceptors (Lipinski definition) is 9. The van der Waals surface area contributed by atoms with E-state index in [-0.39, 0.29) is 16.3 Å². The van der Waals surface area contributed by atoms with Gasteiger partial charge in [-0.1, -0.05) is 24.7 Å². The molecular formula is C12H13N5O4S2. The third-order valence-electron chi connectivity index (χ3n) is 2.76. The molecule has 0 unspecified atom stereocenters. The molecule has 0 saturated carbocycles. The largest absolute Gasteiger partial charge is 0.360 e. The van der Waals surface area contributed by atoms with Crippen LogP contribution in [-0.4, -0.2) is 26.6 Å². The van der Waals surface area contributed by atoms with Crippen molar-refractivity contribution in [1.82, 2.24) is 10.2 Å². The van der Waals surface area contributed by atoms with Gasteiger partial charge in [0, 0.05) is 12.6 Å². The van der Waals surface area contributed by atoms with Gasteiger partial charge < -0.3 is 5.32 Å². The van der Waals surface area contributed by atoms with Gasteiger partial charge in [-0.15, -0.1) is 10.2 Å². The van der Waals surface area contributed by atoms with Crippen molar-refractivity contribution >= 4 is 39.6 Å². The fourth-order valence-corrected chi connectivity index (χ4v) is 3.46. The molecule has 1 aromatic heterocycles. The van der Waals surface area contributed by atoms with Crippen LogP contribution in [-0.2, 0) is 0 Å². The lowest BCUT2D eigenvalue weighted by Crippen LogP contribution is -1.99. The van der Waals surface area contributed by atoms with Crippen molar-refractivity contribution in [3.63, 3.8) is 0 Å². The summed E-state index contributed by atoms with van der Waals surface area (Å²) < 4.78 is 0.529. The van der Waals surface area contributed by atoms with Gasteiger partial charge in [0.1, 0.15) is 0 Å². The zero-order chi connectivity index (χ0) is 16.8. The van der Waals surface area contributed by atoms with Crippen molar-refractivity contribution in [3.05, 3.63) is 38.4 Å². The summed E-state index contributed by atoms with van der Waals surface area (Å²) in [5.41, 5.74) is -0.639. The molecule has 1 heterocycles. The Bertz CT molecular complexity index is 721. The van der Waals surface area contributed by atoms with E-state index in [2.05, 4.69) is 22.4 Å². The number of hydrogen-bond donors (Lipinski definition) is 1. The first-order valence-electron chi connectivity index (χ1n) is 6.69. The minimum atomic E-state index is -0.665. The lowest BCUT2D eigenvalue weighted by atomic mass is 10.3. The molecule has 0 aliphatic rings. The SMILES string of the molecule is CCCCNc1nnc(Sc2ccc([N+](=O)[O-])cc2[N+](=O)[O-])s1. The van der Waals surface area contributed by atoms with Crippen molar-refractivity contribution in [3.8, 4) is 0 Å². The van der Waals surface area contributed by atoms with E-state index >= 15 is 0 Å². The molecule has 0 amide bonds. The van der Waals surface area contributed by atoms with Crippen molar-refractivity contribution in [2.24, 2.45) is 0 Å². The molecular weight excluding hydrogens is 342 g/mol. The van der Waals surface area contributed by atoms with Gasteiger partial charge in [0.25, 0.3) is 11.4 Å². The predicted octanol–water partition coefficient (Wildman–Crippen LogP) is 3.72. The standard InChI is InChI=1S/C12H13N5O4S2/c1-2-3-6-13-11-14-15-12(23-11)22-10-5-4-8(16(18)19)7-9(10)17(20)21/h4-5,7H,2-3,6H2,1H3,(H,13,14). The second-order valence-corrected chi connectivity index (χ2v) is 6.69. The number of nitro groups is 2. The molecule has 11 heteroatoms. The normalized spacial score (nSPS) is 10.5. The monoisotopic (exact) mass is 355 g/mol. The zero-order valence-corrected chi connectivity index (χ0v) is 13.7. The van der Waals surface area contributed by atoms with Crippen molar-refractivity contribution in [2.45, 2.75) is 29.0 Å². The first-order valence-corrected chi connectivity index (χ1v) is 8.32. The number of anilines is 1. The van der Waals surface area contributed by atoms with Crippen molar-refractivity contribution < 1.29 is 9.85 Å². The van der Waals surface area contributed by atoms with Crippen LogP contribution in [0.3, 0.4) is 0 Å². The van der Waals surface area contributed by atoms with Gasteiger partial charge in [0.15, 0.2) is 4.34 Å². The Morgan fingerprint density at radius 3 is 2.70 bits per heavy atom. The Morgan fingerprint density at radius 1 is 1.26 bits per heavy atom. The first-order chi connectivity index (χ1) is 11.0. The molecule has 1 N–H and O–H groups in total. The fourth-order valence-electron chi connectivity index (χ4n) is 1.64. The van der Waals surface area contributed by atoms with Crippen LogP contribution in [0.5, 0.6) is 0 Å². The fraction of sp³-hybridized carbons (Fsp3) is 0.333.